The molecule has 0 spiro atoms. The molecule has 2 aromatic rings. The Labute approximate surface area is 143 Å². The molecule has 124 valence electrons. The maximum atomic E-state index is 13.8. The first-order chi connectivity index (χ1) is 11.6. The highest BCUT2D eigenvalue weighted by atomic mass is 35.5. The molecule has 7 heteroatoms. The lowest BCUT2D eigenvalue weighted by atomic mass is 10.1. The molecule has 1 aliphatic rings. The van der Waals surface area contributed by atoms with Crippen LogP contribution in [0.1, 0.15) is 30.4 Å². The maximum Gasteiger partial charge on any atom is 0.291 e. The normalized spacial score (nSPS) is 14.5. The first kappa shape index (κ1) is 16.5. The summed E-state index contributed by atoms with van der Waals surface area (Å²) in [4.78, 5) is 18.4. The van der Waals surface area contributed by atoms with Crippen LogP contribution in [-0.2, 0) is 6.54 Å². The largest absolute Gasteiger partial charge is 0.342 e. The fourth-order valence-electron chi connectivity index (χ4n) is 2.92. The molecular formula is C17H16ClFN4O. The quantitative estimate of drug-likeness (QED) is 0.857. The van der Waals surface area contributed by atoms with Crippen molar-refractivity contribution in [1.29, 1.82) is 5.26 Å². The van der Waals surface area contributed by atoms with Gasteiger partial charge < -0.3 is 4.90 Å². The minimum atomic E-state index is -0.906. The average Bonchev–Trinajstić information content (AvgIpc) is 2.60. The van der Waals surface area contributed by atoms with Crippen LogP contribution in [0.4, 0.5) is 10.3 Å². The van der Waals surface area contributed by atoms with Crippen LogP contribution in [0, 0.1) is 17.1 Å². The molecule has 0 amide bonds. The number of nitrogens with zero attached hydrogens (tertiary/aromatic N) is 4. The molecular weight excluding hydrogens is 331 g/mol. The van der Waals surface area contributed by atoms with Crippen molar-refractivity contribution in [3.63, 3.8) is 0 Å². The van der Waals surface area contributed by atoms with Crippen molar-refractivity contribution in [1.82, 2.24) is 9.55 Å². The van der Waals surface area contributed by atoms with Gasteiger partial charge in [0.1, 0.15) is 0 Å². The standard InChI is InChI=1S/C17H16ClFN4O/c18-14-5-4-12(9-20)13(8-14)11-23-16(24)15(19)10-21-17(23)22-6-2-1-3-7-22/h4-5,8,10H,1-3,6-7,11H2. The van der Waals surface area contributed by atoms with Crippen LogP contribution in [0.25, 0.3) is 0 Å². The molecule has 24 heavy (non-hydrogen) atoms. The number of aromatic nitrogens is 2. The number of hydrogen-bond donors (Lipinski definition) is 0. The lowest BCUT2D eigenvalue weighted by Gasteiger charge is -2.29. The van der Waals surface area contributed by atoms with Crippen LogP contribution in [0.5, 0.6) is 0 Å². The summed E-state index contributed by atoms with van der Waals surface area (Å²) in [6.07, 6.45) is 4.11. The molecule has 1 aromatic carbocycles. The molecule has 2 heterocycles. The summed E-state index contributed by atoms with van der Waals surface area (Å²) in [6, 6.07) is 6.90. The molecule has 1 aliphatic heterocycles. The zero-order valence-electron chi connectivity index (χ0n) is 13.0. The number of benzene rings is 1. The van der Waals surface area contributed by atoms with E-state index in [1.807, 2.05) is 4.90 Å². The summed E-state index contributed by atoms with van der Waals surface area (Å²) in [5, 5.41) is 9.71. The average molecular weight is 347 g/mol. The Morgan fingerprint density at radius 3 is 2.75 bits per heavy atom. The molecule has 1 aromatic heterocycles. The highest BCUT2D eigenvalue weighted by molar-refractivity contribution is 6.30. The SMILES string of the molecule is N#Cc1ccc(Cl)cc1Cn1c(N2CCCCC2)ncc(F)c1=O. The van der Waals surface area contributed by atoms with Gasteiger partial charge in [0.2, 0.25) is 11.8 Å². The molecule has 0 N–H and O–H groups in total. The Bertz CT molecular complexity index is 853. The molecule has 0 unspecified atom stereocenters. The number of anilines is 1. The van der Waals surface area contributed by atoms with Gasteiger partial charge in [0.05, 0.1) is 24.4 Å². The third-order valence-electron chi connectivity index (χ3n) is 4.14. The Kier molecular flexibility index (Phi) is 4.81. The van der Waals surface area contributed by atoms with Gasteiger partial charge in [0.15, 0.2) is 0 Å². The summed E-state index contributed by atoms with van der Waals surface area (Å²) in [5.74, 6) is -0.471. The highest BCUT2D eigenvalue weighted by Crippen LogP contribution is 2.20. The third kappa shape index (κ3) is 3.26. The summed E-state index contributed by atoms with van der Waals surface area (Å²) >= 11 is 6.00. The number of rotatable bonds is 3. The summed E-state index contributed by atoms with van der Waals surface area (Å²) in [7, 11) is 0. The van der Waals surface area contributed by atoms with Crippen molar-refractivity contribution >= 4 is 17.5 Å². The molecule has 1 fully saturated rings. The summed E-state index contributed by atoms with van der Waals surface area (Å²) in [6.45, 7) is 1.61. The van der Waals surface area contributed by atoms with Crippen molar-refractivity contribution in [3.05, 3.63) is 56.7 Å². The van der Waals surface area contributed by atoms with Crippen molar-refractivity contribution in [2.45, 2.75) is 25.8 Å². The van der Waals surface area contributed by atoms with Crippen LogP contribution >= 0.6 is 11.6 Å². The molecule has 0 saturated carbocycles. The zero-order valence-corrected chi connectivity index (χ0v) is 13.8. The van der Waals surface area contributed by atoms with Crippen molar-refractivity contribution < 1.29 is 4.39 Å². The van der Waals surface area contributed by atoms with E-state index >= 15 is 0 Å². The lowest BCUT2D eigenvalue weighted by Crippen LogP contribution is -2.37. The van der Waals surface area contributed by atoms with Gasteiger partial charge in [-0.25, -0.2) is 4.98 Å². The monoisotopic (exact) mass is 346 g/mol. The summed E-state index contributed by atoms with van der Waals surface area (Å²) in [5.41, 5.74) is 0.229. The van der Waals surface area contributed by atoms with Gasteiger partial charge in [-0.3, -0.25) is 9.36 Å². The molecule has 3 rings (SSSR count). The van der Waals surface area contributed by atoms with Crippen LogP contribution in [0.2, 0.25) is 5.02 Å². The van der Waals surface area contributed by atoms with Gasteiger partial charge >= 0.3 is 0 Å². The van der Waals surface area contributed by atoms with E-state index in [9.17, 15) is 14.4 Å². The van der Waals surface area contributed by atoms with Gasteiger partial charge in [0.25, 0.3) is 5.56 Å². The van der Waals surface area contributed by atoms with E-state index in [-0.39, 0.29) is 6.54 Å². The fraction of sp³-hybridized carbons (Fsp3) is 0.353. The van der Waals surface area contributed by atoms with Crippen molar-refractivity contribution in [3.8, 4) is 6.07 Å². The highest BCUT2D eigenvalue weighted by Gasteiger charge is 2.19. The Hall–Kier alpha value is -2.39. The number of nitriles is 1. The lowest BCUT2D eigenvalue weighted by molar-refractivity contribution is 0.529. The van der Waals surface area contributed by atoms with Crippen LogP contribution < -0.4 is 10.5 Å². The summed E-state index contributed by atoms with van der Waals surface area (Å²) < 4.78 is 15.1. The van der Waals surface area contributed by atoms with E-state index in [4.69, 9.17) is 11.6 Å². The molecule has 0 atom stereocenters. The minimum Gasteiger partial charge on any atom is -0.342 e. The second-order valence-corrected chi connectivity index (χ2v) is 6.19. The second-order valence-electron chi connectivity index (χ2n) is 5.76. The van der Waals surface area contributed by atoms with Crippen LogP contribution in [0.3, 0.4) is 0 Å². The van der Waals surface area contributed by atoms with Crippen LogP contribution in [-0.4, -0.2) is 22.6 Å². The first-order valence-electron chi connectivity index (χ1n) is 7.79. The third-order valence-corrected chi connectivity index (χ3v) is 4.37. The number of piperidine rings is 1. The fourth-order valence-corrected chi connectivity index (χ4v) is 3.12. The number of halogens is 2. The van der Waals surface area contributed by atoms with E-state index in [0.717, 1.165) is 38.5 Å². The van der Waals surface area contributed by atoms with Gasteiger partial charge in [-0.2, -0.15) is 9.65 Å². The van der Waals surface area contributed by atoms with E-state index < -0.39 is 11.4 Å². The molecule has 1 saturated heterocycles. The topological polar surface area (TPSA) is 61.9 Å². The molecule has 0 bridgehead atoms. The predicted molar refractivity (Wildman–Crippen MR) is 89.8 cm³/mol. The zero-order chi connectivity index (χ0) is 17.1. The Morgan fingerprint density at radius 2 is 2.04 bits per heavy atom. The van der Waals surface area contributed by atoms with Crippen molar-refractivity contribution in [2.24, 2.45) is 0 Å². The van der Waals surface area contributed by atoms with E-state index in [2.05, 4.69) is 11.1 Å². The minimum absolute atomic E-state index is 0.0544. The van der Waals surface area contributed by atoms with Crippen LogP contribution in [0.15, 0.2) is 29.2 Å². The molecule has 0 radical (unpaired) electrons. The van der Waals surface area contributed by atoms with E-state index in [1.165, 1.54) is 4.57 Å². The first-order valence-corrected chi connectivity index (χ1v) is 8.17. The Morgan fingerprint density at radius 1 is 1.29 bits per heavy atom. The van der Waals surface area contributed by atoms with Gasteiger partial charge in [0, 0.05) is 18.1 Å². The van der Waals surface area contributed by atoms with E-state index in [0.29, 0.717) is 22.1 Å². The Balaban J connectivity index is 2.07. The van der Waals surface area contributed by atoms with Gasteiger partial charge in [-0.05, 0) is 43.0 Å². The van der Waals surface area contributed by atoms with Gasteiger partial charge in [-0.1, -0.05) is 11.6 Å². The molecule has 5 nitrogen and oxygen atoms in total. The predicted octanol–water partition coefficient (Wildman–Crippen LogP) is 2.95. The van der Waals surface area contributed by atoms with E-state index in [1.54, 1.807) is 18.2 Å². The smallest absolute Gasteiger partial charge is 0.291 e. The maximum absolute atomic E-state index is 13.8. The molecule has 0 aliphatic carbocycles. The van der Waals surface area contributed by atoms with Crippen molar-refractivity contribution in [2.75, 3.05) is 18.0 Å². The van der Waals surface area contributed by atoms with Gasteiger partial charge in [-0.15, -0.1) is 0 Å². The number of hydrogen-bond acceptors (Lipinski definition) is 4. The second kappa shape index (κ2) is 7.02.